The summed E-state index contributed by atoms with van der Waals surface area (Å²) in [5.41, 5.74) is -0.368. The van der Waals surface area contributed by atoms with Crippen molar-refractivity contribution in [3.63, 3.8) is 0 Å². The molecule has 2 aliphatic rings. The normalized spacial score (nSPS) is 50.7. The van der Waals surface area contributed by atoms with Crippen molar-refractivity contribution in [2.75, 3.05) is 0 Å². The van der Waals surface area contributed by atoms with Crippen molar-refractivity contribution in [2.24, 2.45) is 10.8 Å². The molecule has 2 nitrogen and oxygen atoms in total. The van der Waals surface area contributed by atoms with Crippen LogP contribution in [0.4, 0.5) is 0 Å². The van der Waals surface area contributed by atoms with Crippen LogP contribution in [0.5, 0.6) is 0 Å². The summed E-state index contributed by atoms with van der Waals surface area (Å²) >= 11 is 0. The summed E-state index contributed by atoms with van der Waals surface area (Å²) in [5.74, 6) is 0.284. The van der Waals surface area contributed by atoms with E-state index < -0.39 is 11.5 Å². The first-order valence-electron chi connectivity index (χ1n) is 5.22. The average molecular weight is 182 g/mol. The van der Waals surface area contributed by atoms with Crippen LogP contribution in [-0.4, -0.2) is 17.0 Å². The van der Waals surface area contributed by atoms with Gasteiger partial charge in [0, 0.05) is 6.42 Å². The lowest BCUT2D eigenvalue weighted by Crippen LogP contribution is -2.48. The summed E-state index contributed by atoms with van der Waals surface area (Å²) < 4.78 is 0. The number of carbonyl (C=O) groups excluding carboxylic acids is 1. The predicted molar refractivity (Wildman–Crippen MR) is 50.3 cm³/mol. The first-order valence-corrected chi connectivity index (χ1v) is 5.22. The molecule has 0 spiro atoms. The van der Waals surface area contributed by atoms with Crippen LogP contribution in [0.25, 0.3) is 0 Å². The van der Waals surface area contributed by atoms with E-state index in [1.807, 2.05) is 6.92 Å². The summed E-state index contributed by atoms with van der Waals surface area (Å²) in [6.45, 7) is 4.13. The van der Waals surface area contributed by atoms with Gasteiger partial charge in [-0.15, -0.1) is 0 Å². The fraction of sp³-hybridized carbons (Fsp3) is 0.909. The lowest BCUT2D eigenvalue weighted by Gasteiger charge is -2.45. The van der Waals surface area contributed by atoms with E-state index in [4.69, 9.17) is 0 Å². The zero-order valence-electron chi connectivity index (χ0n) is 8.47. The number of carbonyl (C=O) groups is 1. The first kappa shape index (κ1) is 9.20. The zero-order chi connectivity index (χ0) is 9.69. The van der Waals surface area contributed by atoms with Crippen molar-refractivity contribution in [3.8, 4) is 0 Å². The van der Waals surface area contributed by atoms with Gasteiger partial charge < -0.3 is 5.11 Å². The monoisotopic (exact) mass is 182 g/mol. The number of aliphatic hydroxyl groups is 1. The van der Waals surface area contributed by atoms with Crippen molar-refractivity contribution in [1.82, 2.24) is 0 Å². The molecule has 13 heavy (non-hydrogen) atoms. The molecule has 1 N–H and O–H groups in total. The standard InChI is InChI=1S/C11H18O2/c1-10-6-3-4-8(12)11(10,2)9(13)5-7-10/h9,13H,3-7H2,1-2H3/t9-,10+,11-/m0/s1. The molecule has 0 aromatic carbocycles. The van der Waals surface area contributed by atoms with E-state index in [1.165, 1.54) is 0 Å². The van der Waals surface area contributed by atoms with Gasteiger partial charge >= 0.3 is 0 Å². The second-order valence-electron chi connectivity index (χ2n) is 5.09. The third-order valence-corrected chi connectivity index (χ3v) is 4.60. The Morgan fingerprint density at radius 1 is 1.38 bits per heavy atom. The third-order valence-electron chi connectivity index (χ3n) is 4.60. The van der Waals surface area contributed by atoms with Crippen LogP contribution < -0.4 is 0 Å². The maximum absolute atomic E-state index is 11.9. The molecular weight excluding hydrogens is 164 g/mol. The summed E-state index contributed by atoms with van der Waals surface area (Å²) in [4.78, 5) is 11.9. The number of fused-ring (bicyclic) bond motifs is 1. The Morgan fingerprint density at radius 3 is 2.69 bits per heavy atom. The molecule has 0 aromatic heterocycles. The quantitative estimate of drug-likeness (QED) is 0.621. The Hall–Kier alpha value is -0.370. The second kappa shape index (κ2) is 2.57. The molecule has 0 amide bonds. The Bertz CT molecular complexity index is 244. The van der Waals surface area contributed by atoms with Gasteiger partial charge in [0.2, 0.25) is 0 Å². The molecule has 2 aliphatic carbocycles. The SMILES string of the molecule is C[C@]12CCCC(=O)[C@@]1(C)[C@@H](O)CC2. The zero-order valence-corrected chi connectivity index (χ0v) is 8.47. The molecule has 0 radical (unpaired) electrons. The summed E-state index contributed by atoms with van der Waals surface area (Å²) in [5, 5.41) is 9.90. The van der Waals surface area contributed by atoms with Crippen molar-refractivity contribution in [3.05, 3.63) is 0 Å². The van der Waals surface area contributed by atoms with Gasteiger partial charge in [0.1, 0.15) is 5.78 Å². The van der Waals surface area contributed by atoms with Gasteiger partial charge in [-0.1, -0.05) is 6.92 Å². The molecule has 0 saturated heterocycles. The molecule has 74 valence electrons. The van der Waals surface area contributed by atoms with Crippen LogP contribution in [0, 0.1) is 10.8 Å². The maximum atomic E-state index is 11.9. The van der Waals surface area contributed by atoms with Gasteiger partial charge in [-0.25, -0.2) is 0 Å². The van der Waals surface area contributed by atoms with Crippen molar-refractivity contribution in [2.45, 2.75) is 52.1 Å². The third kappa shape index (κ3) is 0.954. The molecule has 2 fully saturated rings. The summed E-state index contributed by atoms with van der Waals surface area (Å²) in [7, 11) is 0. The lowest BCUT2D eigenvalue weighted by atomic mass is 9.58. The van der Waals surface area contributed by atoms with E-state index in [-0.39, 0.29) is 11.2 Å². The molecule has 0 heterocycles. The first-order chi connectivity index (χ1) is 6.01. The molecule has 0 aliphatic heterocycles. The molecule has 0 aromatic rings. The van der Waals surface area contributed by atoms with E-state index in [0.717, 1.165) is 25.7 Å². The van der Waals surface area contributed by atoms with Crippen LogP contribution in [0.15, 0.2) is 0 Å². The van der Waals surface area contributed by atoms with Gasteiger partial charge in [-0.2, -0.15) is 0 Å². The van der Waals surface area contributed by atoms with Crippen LogP contribution in [-0.2, 0) is 4.79 Å². The largest absolute Gasteiger partial charge is 0.392 e. The smallest absolute Gasteiger partial charge is 0.141 e. The fourth-order valence-electron chi connectivity index (χ4n) is 3.21. The molecule has 0 bridgehead atoms. The molecule has 0 unspecified atom stereocenters. The highest BCUT2D eigenvalue weighted by Gasteiger charge is 2.59. The molecule has 3 atom stereocenters. The van der Waals surface area contributed by atoms with Gasteiger partial charge in [0.15, 0.2) is 0 Å². The van der Waals surface area contributed by atoms with Gasteiger partial charge in [0.25, 0.3) is 0 Å². The van der Waals surface area contributed by atoms with E-state index in [1.54, 1.807) is 0 Å². The highest BCUT2D eigenvalue weighted by molar-refractivity contribution is 5.87. The van der Waals surface area contributed by atoms with Crippen LogP contribution >= 0.6 is 0 Å². The average Bonchev–Trinajstić information content (AvgIpc) is 2.31. The van der Waals surface area contributed by atoms with Crippen molar-refractivity contribution >= 4 is 5.78 Å². The molecule has 2 rings (SSSR count). The van der Waals surface area contributed by atoms with Gasteiger partial charge in [-0.3, -0.25) is 4.79 Å². The number of hydrogen-bond donors (Lipinski definition) is 1. The minimum Gasteiger partial charge on any atom is -0.392 e. The highest BCUT2D eigenvalue weighted by Crippen LogP contribution is 2.58. The van der Waals surface area contributed by atoms with Gasteiger partial charge in [-0.05, 0) is 38.0 Å². The number of Topliss-reactive ketones (excluding diaryl/α,β-unsaturated/α-hetero) is 1. The van der Waals surface area contributed by atoms with E-state index in [0.29, 0.717) is 6.42 Å². The second-order valence-corrected chi connectivity index (χ2v) is 5.09. The Morgan fingerprint density at radius 2 is 2.08 bits per heavy atom. The number of aliphatic hydroxyl groups excluding tert-OH is 1. The van der Waals surface area contributed by atoms with Crippen LogP contribution in [0.2, 0.25) is 0 Å². The van der Waals surface area contributed by atoms with Gasteiger partial charge in [0.05, 0.1) is 11.5 Å². The van der Waals surface area contributed by atoms with E-state index >= 15 is 0 Å². The predicted octanol–water partition coefficient (Wildman–Crippen LogP) is 1.91. The highest BCUT2D eigenvalue weighted by atomic mass is 16.3. The minimum atomic E-state index is -0.439. The lowest BCUT2D eigenvalue weighted by molar-refractivity contribution is -0.144. The van der Waals surface area contributed by atoms with E-state index in [2.05, 4.69) is 6.92 Å². The maximum Gasteiger partial charge on any atom is 0.141 e. The molecule has 2 saturated carbocycles. The Balaban J connectivity index is 2.41. The summed E-state index contributed by atoms with van der Waals surface area (Å²) in [6, 6.07) is 0. The van der Waals surface area contributed by atoms with Crippen molar-refractivity contribution in [1.29, 1.82) is 0 Å². The molecule has 2 heteroatoms. The number of hydrogen-bond acceptors (Lipinski definition) is 2. The minimum absolute atomic E-state index is 0.0712. The van der Waals surface area contributed by atoms with Crippen LogP contribution in [0.1, 0.15) is 46.0 Å². The van der Waals surface area contributed by atoms with Crippen LogP contribution in [0.3, 0.4) is 0 Å². The van der Waals surface area contributed by atoms with E-state index in [9.17, 15) is 9.90 Å². The Labute approximate surface area is 79.3 Å². The topological polar surface area (TPSA) is 37.3 Å². The summed E-state index contributed by atoms with van der Waals surface area (Å²) in [6.07, 6.45) is 4.20. The molecular formula is C11H18O2. The van der Waals surface area contributed by atoms with Crippen molar-refractivity contribution < 1.29 is 9.90 Å². The number of rotatable bonds is 0. The number of ketones is 1. The fourth-order valence-corrected chi connectivity index (χ4v) is 3.21. The Kier molecular flexibility index (Phi) is 1.82.